The van der Waals surface area contributed by atoms with Crippen LogP contribution in [0.2, 0.25) is 0 Å². The zero-order valence-electron chi connectivity index (χ0n) is 18.4. The summed E-state index contributed by atoms with van der Waals surface area (Å²) in [5.74, 6) is 0. The maximum absolute atomic E-state index is 6.41. The van der Waals surface area contributed by atoms with E-state index in [2.05, 4.69) is 107 Å². The van der Waals surface area contributed by atoms with Gasteiger partial charge in [0.15, 0.2) is 0 Å². The highest BCUT2D eigenvalue weighted by atomic mass is 16.7. The Morgan fingerprint density at radius 1 is 0.484 bits per heavy atom. The minimum atomic E-state index is -0.377. The van der Waals surface area contributed by atoms with Crippen molar-refractivity contribution in [1.82, 2.24) is 0 Å². The van der Waals surface area contributed by atoms with Crippen molar-refractivity contribution in [3.8, 4) is 0 Å². The minimum Gasteiger partial charge on any atom is -0.399 e. The van der Waals surface area contributed by atoms with Crippen molar-refractivity contribution in [3.05, 3.63) is 78.9 Å². The predicted molar refractivity (Wildman–Crippen MR) is 132 cm³/mol. The highest BCUT2D eigenvalue weighted by Gasteiger charge is 2.52. The Labute approximate surface area is 182 Å². The van der Waals surface area contributed by atoms with Crippen molar-refractivity contribution < 1.29 is 9.31 Å². The number of benzene rings is 5. The summed E-state index contributed by atoms with van der Waals surface area (Å²) in [7, 11) is -0.377. The van der Waals surface area contributed by atoms with Crippen LogP contribution in [-0.2, 0) is 9.31 Å². The lowest BCUT2D eigenvalue weighted by Gasteiger charge is -2.32. The van der Waals surface area contributed by atoms with Crippen LogP contribution in [0.4, 0.5) is 0 Å². The van der Waals surface area contributed by atoms with Gasteiger partial charge >= 0.3 is 7.12 Å². The SMILES string of the molecule is CC1(C)OB(c2cccc3c2ccc2c4ccccc4c4ccccc4c32)OC1(C)C. The van der Waals surface area contributed by atoms with E-state index < -0.39 is 0 Å². The average Bonchev–Trinajstić information content (AvgIpc) is 2.99. The molecule has 3 heteroatoms. The second kappa shape index (κ2) is 6.32. The summed E-state index contributed by atoms with van der Waals surface area (Å²) >= 11 is 0. The first-order valence-electron chi connectivity index (χ1n) is 11.0. The molecule has 0 spiro atoms. The highest BCUT2D eigenvalue weighted by Crippen LogP contribution is 2.40. The third kappa shape index (κ3) is 2.60. The maximum Gasteiger partial charge on any atom is 0.495 e. The number of rotatable bonds is 1. The van der Waals surface area contributed by atoms with Crippen molar-refractivity contribution in [3.63, 3.8) is 0 Å². The molecule has 1 aliphatic heterocycles. The lowest BCUT2D eigenvalue weighted by atomic mass is 9.75. The van der Waals surface area contributed by atoms with Gasteiger partial charge in [-0.15, -0.1) is 0 Å². The molecule has 6 rings (SSSR count). The average molecular weight is 404 g/mol. The van der Waals surface area contributed by atoms with Crippen LogP contribution in [0.5, 0.6) is 0 Å². The van der Waals surface area contributed by atoms with Gasteiger partial charge in [-0.05, 0) is 76.2 Å². The first-order chi connectivity index (χ1) is 14.9. The van der Waals surface area contributed by atoms with Crippen molar-refractivity contribution in [1.29, 1.82) is 0 Å². The van der Waals surface area contributed by atoms with Crippen LogP contribution in [0.1, 0.15) is 27.7 Å². The first kappa shape index (κ1) is 18.9. The molecule has 5 aromatic carbocycles. The normalized spacial score (nSPS) is 17.9. The fourth-order valence-corrected chi connectivity index (χ4v) is 4.96. The molecule has 1 aliphatic rings. The summed E-state index contributed by atoms with van der Waals surface area (Å²) < 4.78 is 12.8. The molecule has 0 N–H and O–H groups in total. The summed E-state index contributed by atoms with van der Waals surface area (Å²) in [5, 5.41) is 10.2. The summed E-state index contributed by atoms with van der Waals surface area (Å²) in [4.78, 5) is 0. The van der Waals surface area contributed by atoms with E-state index in [9.17, 15) is 0 Å². The second-order valence-electron chi connectivity index (χ2n) is 9.61. The third-order valence-corrected chi connectivity index (χ3v) is 7.31. The summed E-state index contributed by atoms with van der Waals surface area (Å²) in [6.45, 7) is 8.42. The fourth-order valence-electron chi connectivity index (χ4n) is 4.96. The third-order valence-electron chi connectivity index (χ3n) is 7.31. The van der Waals surface area contributed by atoms with E-state index in [0.29, 0.717) is 0 Å². The maximum atomic E-state index is 6.41. The van der Waals surface area contributed by atoms with Gasteiger partial charge < -0.3 is 9.31 Å². The Balaban J connectivity index is 1.71. The molecule has 5 aromatic rings. The van der Waals surface area contributed by atoms with Crippen LogP contribution in [0.25, 0.3) is 43.1 Å². The van der Waals surface area contributed by atoms with Crippen molar-refractivity contribution >= 4 is 55.7 Å². The Kier molecular flexibility index (Phi) is 3.84. The summed E-state index contributed by atoms with van der Waals surface area (Å²) in [5.41, 5.74) is 0.370. The lowest BCUT2D eigenvalue weighted by Crippen LogP contribution is -2.41. The van der Waals surface area contributed by atoms with Crippen LogP contribution < -0.4 is 5.46 Å². The molecule has 0 atom stereocenters. The van der Waals surface area contributed by atoms with E-state index >= 15 is 0 Å². The molecule has 1 heterocycles. The molecule has 0 aromatic heterocycles. The lowest BCUT2D eigenvalue weighted by molar-refractivity contribution is 0.00578. The van der Waals surface area contributed by atoms with E-state index in [-0.39, 0.29) is 18.3 Å². The van der Waals surface area contributed by atoms with Gasteiger partial charge in [-0.1, -0.05) is 78.9 Å². The van der Waals surface area contributed by atoms with Crippen molar-refractivity contribution in [2.45, 2.75) is 38.9 Å². The van der Waals surface area contributed by atoms with Crippen LogP contribution >= 0.6 is 0 Å². The van der Waals surface area contributed by atoms with E-state index in [1.807, 2.05) is 0 Å². The monoisotopic (exact) mass is 404 g/mol. The molecule has 0 bridgehead atoms. The molecule has 0 aliphatic carbocycles. The molecule has 1 saturated heterocycles. The molecule has 0 unspecified atom stereocenters. The second-order valence-corrected chi connectivity index (χ2v) is 9.61. The van der Waals surface area contributed by atoms with Crippen LogP contribution in [0.15, 0.2) is 78.9 Å². The predicted octanol–water partition coefficient (Wildman–Crippen LogP) is 6.60. The van der Waals surface area contributed by atoms with E-state index in [0.717, 1.165) is 5.46 Å². The summed E-state index contributed by atoms with van der Waals surface area (Å²) in [6, 6.07) is 28.4. The van der Waals surface area contributed by atoms with Gasteiger partial charge in [0.25, 0.3) is 0 Å². The molecule has 0 saturated carbocycles. The smallest absolute Gasteiger partial charge is 0.399 e. The Morgan fingerprint density at radius 3 is 1.52 bits per heavy atom. The number of fused-ring (bicyclic) bond motifs is 8. The molecule has 152 valence electrons. The molecule has 2 nitrogen and oxygen atoms in total. The van der Waals surface area contributed by atoms with Crippen LogP contribution in [-0.4, -0.2) is 18.3 Å². The topological polar surface area (TPSA) is 18.5 Å². The van der Waals surface area contributed by atoms with Crippen LogP contribution in [0, 0.1) is 0 Å². The Morgan fingerprint density at radius 2 is 0.903 bits per heavy atom. The molecular weight excluding hydrogens is 379 g/mol. The van der Waals surface area contributed by atoms with Crippen molar-refractivity contribution in [2.75, 3.05) is 0 Å². The van der Waals surface area contributed by atoms with Gasteiger partial charge in [0.2, 0.25) is 0 Å². The van der Waals surface area contributed by atoms with Gasteiger partial charge in [-0.25, -0.2) is 0 Å². The standard InChI is InChI=1S/C28H25BO2/c1-27(2)28(3,4)31-29(30-27)25-15-9-14-23-21(25)16-17-24-20-12-6-5-10-18(20)19-11-7-8-13-22(19)26(23)24/h5-17H,1-4H3. The van der Waals surface area contributed by atoms with Gasteiger partial charge in [0.1, 0.15) is 0 Å². The van der Waals surface area contributed by atoms with Gasteiger partial charge in [0, 0.05) is 0 Å². The van der Waals surface area contributed by atoms with Gasteiger partial charge in [0.05, 0.1) is 11.2 Å². The van der Waals surface area contributed by atoms with E-state index in [4.69, 9.17) is 9.31 Å². The largest absolute Gasteiger partial charge is 0.495 e. The first-order valence-corrected chi connectivity index (χ1v) is 11.0. The number of hydrogen-bond acceptors (Lipinski definition) is 2. The van der Waals surface area contributed by atoms with Gasteiger partial charge in [-0.3, -0.25) is 0 Å². The molecule has 0 amide bonds. The van der Waals surface area contributed by atoms with Crippen molar-refractivity contribution in [2.24, 2.45) is 0 Å². The van der Waals surface area contributed by atoms with Gasteiger partial charge in [-0.2, -0.15) is 0 Å². The highest BCUT2D eigenvalue weighted by molar-refractivity contribution is 6.65. The molecular formula is C28H25BO2. The van der Waals surface area contributed by atoms with E-state index in [1.165, 1.54) is 43.1 Å². The molecule has 1 fully saturated rings. The number of hydrogen-bond donors (Lipinski definition) is 0. The quantitative estimate of drug-likeness (QED) is 0.232. The molecule has 0 radical (unpaired) electrons. The zero-order valence-corrected chi connectivity index (χ0v) is 18.4. The Bertz CT molecular complexity index is 1450. The van der Waals surface area contributed by atoms with E-state index in [1.54, 1.807) is 0 Å². The fraction of sp³-hybridized carbons (Fsp3) is 0.214. The zero-order chi connectivity index (χ0) is 21.4. The van der Waals surface area contributed by atoms with Crippen LogP contribution in [0.3, 0.4) is 0 Å². The molecule has 31 heavy (non-hydrogen) atoms. The Hall–Kier alpha value is -2.88. The minimum absolute atomic E-state index is 0.362. The summed E-state index contributed by atoms with van der Waals surface area (Å²) in [6.07, 6.45) is 0.